The lowest BCUT2D eigenvalue weighted by Crippen LogP contribution is -2.23. The van der Waals surface area contributed by atoms with Crippen LogP contribution in [0.1, 0.15) is 33.4 Å². The van der Waals surface area contributed by atoms with E-state index in [0.717, 1.165) is 10.4 Å². The highest BCUT2D eigenvalue weighted by atomic mass is 32.1. The summed E-state index contributed by atoms with van der Waals surface area (Å²) in [6.07, 6.45) is 3.57. The van der Waals surface area contributed by atoms with Gasteiger partial charge in [0.05, 0.1) is 16.6 Å². The van der Waals surface area contributed by atoms with Crippen molar-refractivity contribution < 1.29 is 9.90 Å². The number of benzene rings is 1. The zero-order chi connectivity index (χ0) is 17.3. The minimum absolute atomic E-state index is 0.153. The Hall–Kier alpha value is -2.73. The second-order valence-corrected chi connectivity index (χ2v) is 6.30. The third-order valence-corrected chi connectivity index (χ3v) is 4.81. The van der Waals surface area contributed by atoms with Gasteiger partial charge in [0.2, 0.25) is 0 Å². The number of hydrogen-bond acceptors (Lipinski definition) is 4. The first kappa shape index (κ1) is 16.1. The first-order valence-corrected chi connectivity index (χ1v) is 8.39. The lowest BCUT2D eigenvalue weighted by Gasteiger charge is -2.09. The van der Waals surface area contributed by atoms with E-state index in [-0.39, 0.29) is 11.1 Å². The van der Waals surface area contributed by atoms with Gasteiger partial charge < -0.3 is 9.67 Å². The minimum atomic E-state index is -1.01. The molecule has 0 saturated heterocycles. The summed E-state index contributed by atoms with van der Waals surface area (Å²) in [5, 5.41) is 11.1. The maximum Gasteiger partial charge on any atom is 0.335 e. The number of rotatable bonds is 4. The molecule has 2 heterocycles. The van der Waals surface area contributed by atoms with Crippen LogP contribution in [0.3, 0.4) is 0 Å². The molecule has 24 heavy (non-hydrogen) atoms. The molecule has 0 atom stereocenters. The summed E-state index contributed by atoms with van der Waals surface area (Å²) < 4.78 is 1.61. The van der Waals surface area contributed by atoms with Gasteiger partial charge in [-0.2, -0.15) is 0 Å². The molecule has 0 aliphatic carbocycles. The van der Waals surface area contributed by atoms with Crippen LogP contribution >= 0.6 is 11.3 Å². The Bertz CT molecular complexity index is 1010. The SMILES string of the molecule is CCn1c(=O)c(C=Cc2sccc2C)nc2cc(C(=O)O)ccc21. The molecule has 0 bridgehead atoms. The topological polar surface area (TPSA) is 72.2 Å². The predicted octanol–water partition coefficient (Wildman–Crippen LogP) is 3.65. The van der Waals surface area contributed by atoms with Crippen LogP contribution in [0.2, 0.25) is 0 Å². The van der Waals surface area contributed by atoms with Gasteiger partial charge in [-0.25, -0.2) is 9.78 Å². The summed E-state index contributed by atoms with van der Waals surface area (Å²) in [6.45, 7) is 4.37. The Kier molecular flexibility index (Phi) is 4.31. The molecule has 0 spiro atoms. The van der Waals surface area contributed by atoms with Crippen LogP contribution in [0.25, 0.3) is 23.2 Å². The molecule has 5 nitrogen and oxygen atoms in total. The van der Waals surface area contributed by atoms with Crippen molar-refractivity contribution in [3.63, 3.8) is 0 Å². The highest BCUT2D eigenvalue weighted by Gasteiger charge is 2.11. The Morgan fingerprint density at radius 3 is 2.75 bits per heavy atom. The minimum Gasteiger partial charge on any atom is -0.478 e. The quantitative estimate of drug-likeness (QED) is 0.787. The largest absolute Gasteiger partial charge is 0.478 e. The molecule has 0 aliphatic rings. The molecule has 0 unspecified atom stereocenters. The number of fused-ring (bicyclic) bond motifs is 1. The fourth-order valence-electron chi connectivity index (χ4n) is 2.53. The summed E-state index contributed by atoms with van der Waals surface area (Å²) in [5.74, 6) is -1.01. The van der Waals surface area contributed by atoms with Crippen LogP contribution in [-0.2, 0) is 6.54 Å². The van der Waals surface area contributed by atoms with E-state index in [0.29, 0.717) is 23.3 Å². The fraction of sp³-hybridized carbons (Fsp3) is 0.167. The zero-order valence-electron chi connectivity index (χ0n) is 13.3. The lowest BCUT2D eigenvalue weighted by atomic mass is 10.2. The standard InChI is InChI=1S/C18H16N2O3S/c1-3-20-15-6-4-12(18(22)23)10-14(15)19-13(17(20)21)5-7-16-11(2)8-9-24-16/h4-10H,3H2,1-2H3,(H,22,23). The molecule has 0 saturated carbocycles. The van der Waals surface area contributed by atoms with E-state index in [9.17, 15) is 9.59 Å². The maximum absolute atomic E-state index is 12.6. The number of nitrogens with zero attached hydrogens (tertiary/aromatic N) is 2. The van der Waals surface area contributed by atoms with Crippen LogP contribution in [0.5, 0.6) is 0 Å². The normalized spacial score (nSPS) is 11.4. The molecule has 1 aromatic carbocycles. The highest BCUT2D eigenvalue weighted by Crippen LogP contribution is 2.19. The molecule has 1 N–H and O–H groups in total. The van der Waals surface area contributed by atoms with Crippen LogP contribution in [0.4, 0.5) is 0 Å². The fourth-order valence-corrected chi connectivity index (χ4v) is 3.35. The van der Waals surface area contributed by atoms with Crippen molar-refractivity contribution in [3.8, 4) is 0 Å². The third kappa shape index (κ3) is 2.88. The molecular formula is C18H16N2O3S. The number of carbonyl (C=O) groups is 1. The summed E-state index contributed by atoms with van der Waals surface area (Å²) >= 11 is 1.59. The van der Waals surface area contributed by atoms with E-state index in [1.54, 1.807) is 28.0 Å². The smallest absolute Gasteiger partial charge is 0.335 e. The molecule has 3 rings (SSSR count). The van der Waals surface area contributed by atoms with Gasteiger partial charge in [0.25, 0.3) is 5.56 Å². The number of aromatic carboxylic acids is 1. The summed E-state index contributed by atoms with van der Waals surface area (Å²) in [6, 6.07) is 6.63. The van der Waals surface area contributed by atoms with Crippen molar-refractivity contribution in [2.45, 2.75) is 20.4 Å². The van der Waals surface area contributed by atoms with Gasteiger partial charge in [0.1, 0.15) is 5.69 Å². The Balaban J connectivity index is 2.18. The first-order valence-electron chi connectivity index (χ1n) is 7.51. The molecule has 0 fully saturated rings. The number of carboxylic acids is 1. The first-order chi connectivity index (χ1) is 11.5. The molecule has 122 valence electrons. The summed E-state index contributed by atoms with van der Waals surface area (Å²) in [5.41, 5.74) is 2.55. The Labute approximate surface area is 142 Å². The van der Waals surface area contributed by atoms with Crippen molar-refractivity contribution >= 4 is 40.5 Å². The molecule has 6 heteroatoms. The van der Waals surface area contributed by atoms with Gasteiger partial charge in [0.15, 0.2) is 0 Å². The van der Waals surface area contributed by atoms with Gasteiger partial charge in [-0.05, 0) is 61.2 Å². The van der Waals surface area contributed by atoms with Crippen LogP contribution in [0.15, 0.2) is 34.4 Å². The molecule has 2 aromatic heterocycles. The molecular weight excluding hydrogens is 324 g/mol. The second-order valence-electron chi connectivity index (χ2n) is 5.36. The Morgan fingerprint density at radius 1 is 1.33 bits per heavy atom. The van der Waals surface area contributed by atoms with E-state index in [2.05, 4.69) is 4.98 Å². The van der Waals surface area contributed by atoms with Gasteiger partial charge in [-0.1, -0.05) is 0 Å². The van der Waals surface area contributed by atoms with E-state index >= 15 is 0 Å². The summed E-state index contributed by atoms with van der Waals surface area (Å²) in [4.78, 5) is 29.2. The number of carboxylic acid groups (broad SMARTS) is 1. The van der Waals surface area contributed by atoms with Gasteiger partial charge in [-0.3, -0.25) is 4.79 Å². The van der Waals surface area contributed by atoms with Crippen LogP contribution in [0, 0.1) is 6.92 Å². The third-order valence-electron chi connectivity index (χ3n) is 3.83. The monoisotopic (exact) mass is 340 g/mol. The van der Waals surface area contributed by atoms with Gasteiger partial charge in [-0.15, -0.1) is 11.3 Å². The average molecular weight is 340 g/mol. The van der Waals surface area contributed by atoms with Gasteiger partial charge in [0, 0.05) is 11.4 Å². The number of hydrogen-bond donors (Lipinski definition) is 1. The number of thiophene rings is 1. The van der Waals surface area contributed by atoms with Crippen molar-refractivity contribution in [2.24, 2.45) is 0 Å². The van der Waals surface area contributed by atoms with E-state index in [4.69, 9.17) is 5.11 Å². The summed E-state index contributed by atoms with van der Waals surface area (Å²) in [7, 11) is 0. The molecule has 0 amide bonds. The lowest BCUT2D eigenvalue weighted by molar-refractivity contribution is 0.0697. The second kappa shape index (κ2) is 6.41. The number of aromatic nitrogens is 2. The van der Waals surface area contributed by atoms with Gasteiger partial charge >= 0.3 is 5.97 Å². The predicted molar refractivity (Wildman–Crippen MR) is 96.6 cm³/mol. The van der Waals surface area contributed by atoms with Crippen molar-refractivity contribution in [2.75, 3.05) is 0 Å². The Morgan fingerprint density at radius 2 is 2.12 bits per heavy atom. The van der Waals surface area contributed by atoms with E-state index in [1.807, 2.05) is 31.4 Å². The molecule has 0 aliphatic heterocycles. The van der Waals surface area contributed by atoms with E-state index in [1.165, 1.54) is 12.1 Å². The molecule has 3 aromatic rings. The highest BCUT2D eigenvalue weighted by molar-refractivity contribution is 7.11. The van der Waals surface area contributed by atoms with Crippen molar-refractivity contribution in [1.82, 2.24) is 9.55 Å². The zero-order valence-corrected chi connectivity index (χ0v) is 14.1. The molecule has 0 radical (unpaired) electrons. The van der Waals surface area contributed by atoms with Crippen molar-refractivity contribution in [1.29, 1.82) is 0 Å². The number of aryl methyl sites for hydroxylation is 2. The van der Waals surface area contributed by atoms with E-state index < -0.39 is 5.97 Å². The van der Waals surface area contributed by atoms with Crippen LogP contribution < -0.4 is 5.56 Å². The van der Waals surface area contributed by atoms with Crippen LogP contribution in [-0.4, -0.2) is 20.6 Å². The van der Waals surface area contributed by atoms with Crippen molar-refractivity contribution in [3.05, 3.63) is 61.7 Å². The maximum atomic E-state index is 12.6. The average Bonchev–Trinajstić information content (AvgIpc) is 2.97.